The lowest BCUT2D eigenvalue weighted by molar-refractivity contribution is 0.0995. The summed E-state index contributed by atoms with van der Waals surface area (Å²) in [6.45, 7) is 1.82. The Bertz CT molecular complexity index is 1040. The maximum atomic E-state index is 12.4. The van der Waals surface area contributed by atoms with Gasteiger partial charge in [0.05, 0.1) is 4.90 Å². The van der Waals surface area contributed by atoms with Crippen molar-refractivity contribution in [3.63, 3.8) is 0 Å². The van der Waals surface area contributed by atoms with Gasteiger partial charge in [-0.2, -0.15) is 0 Å². The highest BCUT2D eigenvalue weighted by Crippen LogP contribution is 2.22. The van der Waals surface area contributed by atoms with Crippen LogP contribution in [0, 0.1) is 6.92 Å². The summed E-state index contributed by atoms with van der Waals surface area (Å²) >= 11 is 5.90. The van der Waals surface area contributed by atoms with E-state index in [1.165, 1.54) is 24.3 Å². The molecule has 0 aliphatic rings. The minimum absolute atomic E-state index is 0.0395. The first-order valence-corrected chi connectivity index (χ1v) is 9.82. The van der Waals surface area contributed by atoms with Gasteiger partial charge in [-0.1, -0.05) is 29.8 Å². The second kappa shape index (κ2) is 7.35. The predicted molar refractivity (Wildman–Crippen MR) is 100 cm³/mol. The maximum Gasteiger partial charge on any atom is 0.291 e. The molecule has 1 N–H and O–H groups in total. The van der Waals surface area contributed by atoms with Crippen LogP contribution in [0.4, 0.5) is 5.69 Å². The zero-order valence-electron chi connectivity index (χ0n) is 13.9. The van der Waals surface area contributed by atoms with Gasteiger partial charge in [0.15, 0.2) is 15.6 Å². The van der Waals surface area contributed by atoms with Crippen LogP contribution in [0.5, 0.6) is 0 Å². The van der Waals surface area contributed by atoms with E-state index in [9.17, 15) is 13.2 Å². The number of hydrogen-bond acceptors (Lipinski definition) is 4. The van der Waals surface area contributed by atoms with Gasteiger partial charge < -0.3 is 9.73 Å². The molecule has 0 bridgehead atoms. The van der Waals surface area contributed by atoms with Crippen LogP contribution in [0.1, 0.15) is 21.9 Å². The van der Waals surface area contributed by atoms with Crippen molar-refractivity contribution in [2.45, 2.75) is 17.6 Å². The minimum Gasteiger partial charge on any atom is -0.455 e. The van der Waals surface area contributed by atoms with Crippen molar-refractivity contribution in [2.75, 3.05) is 5.32 Å². The Morgan fingerprint density at radius 3 is 2.50 bits per heavy atom. The molecule has 0 aliphatic heterocycles. The van der Waals surface area contributed by atoms with E-state index >= 15 is 0 Å². The van der Waals surface area contributed by atoms with Crippen molar-refractivity contribution in [2.24, 2.45) is 0 Å². The zero-order valence-corrected chi connectivity index (χ0v) is 15.5. The van der Waals surface area contributed by atoms with Gasteiger partial charge in [0.25, 0.3) is 5.91 Å². The number of furan rings is 1. The number of anilines is 1. The zero-order chi connectivity index (χ0) is 18.7. The smallest absolute Gasteiger partial charge is 0.291 e. The Hall–Kier alpha value is -2.57. The molecule has 1 aromatic heterocycles. The summed E-state index contributed by atoms with van der Waals surface area (Å²) in [6, 6.07) is 16.1. The van der Waals surface area contributed by atoms with E-state index in [0.29, 0.717) is 10.7 Å². The summed E-state index contributed by atoms with van der Waals surface area (Å²) in [5, 5.41) is 3.30. The number of benzene rings is 2. The number of hydrogen-bond donors (Lipinski definition) is 1. The molecule has 0 fully saturated rings. The van der Waals surface area contributed by atoms with Gasteiger partial charge in [-0.3, -0.25) is 4.79 Å². The Kier molecular flexibility index (Phi) is 5.15. The normalized spacial score (nSPS) is 11.3. The molecule has 0 spiro atoms. The molecule has 0 saturated carbocycles. The van der Waals surface area contributed by atoms with Crippen molar-refractivity contribution < 1.29 is 17.6 Å². The summed E-state index contributed by atoms with van der Waals surface area (Å²) in [5.41, 5.74) is 1.42. The molecule has 26 heavy (non-hydrogen) atoms. The highest BCUT2D eigenvalue weighted by atomic mass is 35.5. The van der Waals surface area contributed by atoms with Crippen molar-refractivity contribution >= 4 is 33.0 Å². The van der Waals surface area contributed by atoms with Crippen LogP contribution < -0.4 is 5.32 Å². The molecule has 3 aromatic rings. The molecule has 1 heterocycles. The number of sulfone groups is 1. The van der Waals surface area contributed by atoms with Crippen molar-refractivity contribution in [3.8, 4) is 0 Å². The molecular weight excluding hydrogens is 374 g/mol. The van der Waals surface area contributed by atoms with Gasteiger partial charge in [0, 0.05) is 10.7 Å². The lowest BCUT2D eigenvalue weighted by Crippen LogP contribution is -2.12. The monoisotopic (exact) mass is 389 g/mol. The van der Waals surface area contributed by atoms with Gasteiger partial charge in [-0.05, 0) is 55.0 Å². The quantitative estimate of drug-likeness (QED) is 0.698. The Balaban J connectivity index is 1.74. The number of rotatable bonds is 5. The summed E-state index contributed by atoms with van der Waals surface area (Å²) in [5.74, 6) is -0.534. The van der Waals surface area contributed by atoms with Gasteiger partial charge in [0.2, 0.25) is 0 Å². The summed E-state index contributed by atoms with van der Waals surface area (Å²) < 4.78 is 30.2. The topological polar surface area (TPSA) is 76.4 Å². The van der Waals surface area contributed by atoms with Gasteiger partial charge in [0.1, 0.15) is 11.5 Å². The highest BCUT2D eigenvalue weighted by molar-refractivity contribution is 7.90. The molecule has 1 amide bonds. The van der Waals surface area contributed by atoms with Crippen LogP contribution >= 0.6 is 11.6 Å². The maximum absolute atomic E-state index is 12.4. The van der Waals surface area contributed by atoms with E-state index in [-0.39, 0.29) is 22.2 Å². The third-order valence-electron chi connectivity index (χ3n) is 3.76. The fourth-order valence-corrected chi connectivity index (χ4v) is 3.92. The summed E-state index contributed by atoms with van der Waals surface area (Å²) in [4.78, 5) is 12.5. The van der Waals surface area contributed by atoms with Gasteiger partial charge >= 0.3 is 0 Å². The molecule has 0 radical (unpaired) electrons. The average molecular weight is 390 g/mol. The number of halogens is 1. The van der Waals surface area contributed by atoms with Gasteiger partial charge in [-0.25, -0.2) is 8.42 Å². The molecule has 7 heteroatoms. The van der Waals surface area contributed by atoms with Crippen LogP contribution in [-0.4, -0.2) is 14.3 Å². The van der Waals surface area contributed by atoms with Crippen LogP contribution in [-0.2, 0) is 15.6 Å². The second-order valence-electron chi connectivity index (χ2n) is 5.75. The number of nitrogens with one attached hydrogen (secondary N) is 1. The summed E-state index contributed by atoms with van der Waals surface area (Å²) in [6.07, 6.45) is 0. The lowest BCUT2D eigenvalue weighted by Gasteiger charge is -2.07. The summed E-state index contributed by atoms with van der Waals surface area (Å²) in [7, 11) is -3.54. The van der Waals surface area contributed by atoms with E-state index in [1.54, 1.807) is 36.4 Å². The number of aryl methyl sites for hydroxylation is 1. The van der Waals surface area contributed by atoms with Crippen LogP contribution in [0.15, 0.2) is 70.0 Å². The average Bonchev–Trinajstić information content (AvgIpc) is 3.06. The first kappa shape index (κ1) is 18.2. The molecule has 0 aliphatic carbocycles. The fraction of sp³-hybridized carbons (Fsp3) is 0.105. The number of carbonyl (C=O) groups excluding carboxylic acids is 1. The van der Waals surface area contributed by atoms with Gasteiger partial charge in [-0.15, -0.1) is 0 Å². The van der Waals surface area contributed by atoms with Crippen LogP contribution in [0.2, 0.25) is 5.02 Å². The molecule has 2 aromatic carbocycles. The second-order valence-corrected chi connectivity index (χ2v) is 8.18. The molecular formula is C19H16ClNO4S. The minimum atomic E-state index is -3.54. The SMILES string of the molecule is Cc1cc(Cl)ccc1NC(=O)c1ccc(CS(=O)(=O)c2ccccc2)o1. The van der Waals surface area contributed by atoms with Crippen LogP contribution in [0.3, 0.4) is 0 Å². The van der Waals surface area contributed by atoms with E-state index in [2.05, 4.69) is 5.32 Å². The predicted octanol–water partition coefficient (Wildman–Crippen LogP) is 4.47. The fourth-order valence-electron chi connectivity index (χ4n) is 2.43. The molecule has 5 nitrogen and oxygen atoms in total. The standard InChI is InChI=1S/C19H16ClNO4S/c1-13-11-14(20)7-9-17(13)21-19(22)18-10-8-15(25-18)12-26(23,24)16-5-3-2-4-6-16/h2-11H,12H2,1H3,(H,21,22). The van der Waals surface area contributed by atoms with E-state index < -0.39 is 15.7 Å². The first-order valence-electron chi connectivity index (χ1n) is 7.79. The molecule has 0 unspecified atom stereocenters. The largest absolute Gasteiger partial charge is 0.455 e. The molecule has 3 rings (SSSR count). The van der Waals surface area contributed by atoms with Crippen molar-refractivity contribution in [1.29, 1.82) is 0 Å². The number of amides is 1. The van der Waals surface area contributed by atoms with Crippen LogP contribution in [0.25, 0.3) is 0 Å². The van der Waals surface area contributed by atoms with E-state index in [0.717, 1.165) is 5.56 Å². The van der Waals surface area contributed by atoms with E-state index in [1.807, 2.05) is 6.92 Å². The third kappa shape index (κ3) is 4.15. The van der Waals surface area contributed by atoms with Crippen molar-refractivity contribution in [3.05, 3.63) is 82.8 Å². The lowest BCUT2D eigenvalue weighted by atomic mass is 10.2. The Morgan fingerprint density at radius 2 is 1.81 bits per heavy atom. The third-order valence-corrected chi connectivity index (χ3v) is 5.65. The Labute approximate surface area is 156 Å². The highest BCUT2D eigenvalue weighted by Gasteiger charge is 2.19. The number of carbonyl (C=O) groups is 1. The van der Waals surface area contributed by atoms with E-state index in [4.69, 9.17) is 16.0 Å². The molecule has 0 saturated heterocycles. The molecule has 134 valence electrons. The Morgan fingerprint density at radius 1 is 1.08 bits per heavy atom. The molecule has 0 atom stereocenters. The van der Waals surface area contributed by atoms with Crippen molar-refractivity contribution in [1.82, 2.24) is 0 Å². The first-order chi connectivity index (χ1) is 12.3.